The summed E-state index contributed by atoms with van der Waals surface area (Å²) in [4.78, 5) is 26.0. The third-order valence-corrected chi connectivity index (χ3v) is 4.39. The van der Waals surface area contributed by atoms with E-state index in [2.05, 4.69) is 5.32 Å². The molecule has 1 aromatic carbocycles. The molecule has 22 heavy (non-hydrogen) atoms. The highest BCUT2D eigenvalue weighted by atomic mass is 16.6. The molecule has 0 aromatic heterocycles. The third-order valence-electron chi connectivity index (χ3n) is 4.39. The molecule has 2 heterocycles. The van der Waals surface area contributed by atoms with Crippen molar-refractivity contribution in [2.75, 3.05) is 19.6 Å². The lowest BCUT2D eigenvalue weighted by molar-refractivity contribution is -0.137. The number of carbonyl (C=O) groups excluding carboxylic acids is 2. The van der Waals surface area contributed by atoms with E-state index in [9.17, 15) is 9.59 Å². The quantitative estimate of drug-likeness (QED) is 0.864. The van der Waals surface area contributed by atoms with E-state index >= 15 is 0 Å². The van der Waals surface area contributed by atoms with Crippen LogP contribution < -0.4 is 5.32 Å². The van der Waals surface area contributed by atoms with Crippen molar-refractivity contribution in [1.82, 2.24) is 10.2 Å². The lowest BCUT2D eigenvalue weighted by Gasteiger charge is -2.48. The molecule has 1 spiro atoms. The van der Waals surface area contributed by atoms with Crippen LogP contribution in [-0.2, 0) is 9.53 Å². The maximum absolute atomic E-state index is 12.3. The van der Waals surface area contributed by atoms with Crippen LogP contribution in [0, 0.1) is 5.41 Å². The Labute approximate surface area is 130 Å². The summed E-state index contributed by atoms with van der Waals surface area (Å²) in [6.45, 7) is 7.01. The molecule has 1 atom stereocenters. The average molecular weight is 302 g/mol. The molecule has 2 saturated heterocycles. The van der Waals surface area contributed by atoms with Gasteiger partial charge in [-0.25, -0.2) is 4.79 Å². The molecule has 0 radical (unpaired) electrons. The van der Waals surface area contributed by atoms with E-state index in [-0.39, 0.29) is 17.9 Å². The second-order valence-corrected chi connectivity index (χ2v) is 7.17. The lowest BCUT2D eigenvalue weighted by Crippen LogP contribution is -2.63. The van der Waals surface area contributed by atoms with Gasteiger partial charge in [-0.05, 0) is 26.3 Å². The molecule has 1 aromatic rings. The Morgan fingerprint density at radius 3 is 2.50 bits per heavy atom. The highest BCUT2D eigenvalue weighted by molar-refractivity contribution is 5.90. The van der Waals surface area contributed by atoms with Crippen molar-refractivity contribution in [3.05, 3.63) is 35.9 Å². The van der Waals surface area contributed by atoms with Crippen LogP contribution in [0.5, 0.6) is 0 Å². The number of amides is 2. The molecule has 0 unspecified atom stereocenters. The van der Waals surface area contributed by atoms with Gasteiger partial charge in [-0.15, -0.1) is 0 Å². The Morgan fingerprint density at radius 1 is 1.27 bits per heavy atom. The number of hydrogen-bond acceptors (Lipinski definition) is 3. The Bertz CT molecular complexity index is 586. The number of carbonyl (C=O) groups is 2. The van der Waals surface area contributed by atoms with Crippen LogP contribution >= 0.6 is 0 Å². The molecule has 5 nitrogen and oxygen atoms in total. The third kappa shape index (κ3) is 2.45. The van der Waals surface area contributed by atoms with Crippen LogP contribution in [0.1, 0.15) is 32.3 Å². The second kappa shape index (κ2) is 5.00. The standard InChI is InChI=1S/C17H22N2O3/c1-16(2,3)22-15(21)19-10-17(11-19)13(9-18-14(17)20)12-7-5-4-6-8-12/h4-8,13H,9-11H2,1-3H3,(H,18,20)/t13-/m0/s1. The van der Waals surface area contributed by atoms with Crippen LogP contribution in [0.15, 0.2) is 30.3 Å². The maximum Gasteiger partial charge on any atom is 0.410 e. The molecule has 2 amide bonds. The zero-order valence-corrected chi connectivity index (χ0v) is 13.3. The second-order valence-electron chi connectivity index (χ2n) is 7.17. The highest BCUT2D eigenvalue weighted by Crippen LogP contribution is 2.47. The molecule has 0 aliphatic carbocycles. The van der Waals surface area contributed by atoms with Crippen molar-refractivity contribution in [3.63, 3.8) is 0 Å². The van der Waals surface area contributed by atoms with Crippen molar-refractivity contribution >= 4 is 12.0 Å². The van der Waals surface area contributed by atoms with E-state index in [0.29, 0.717) is 19.6 Å². The Hall–Kier alpha value is -2.04. The predicted octanol–water partition coefficient (Wildman–Crippen LogP) is 2.14. The predicted molar refractivity (Wildman–Crippen MR) is 82.4 cm³/mol. The zero-order valence-electron chi connectivity index (χ0n) is 13.3. The van der Waals surface area contributed by atoms with Crippen molar-refractivity contribution in [1.29, 1.82) is 0 Å². The van der Waals surface area contributed by atoms with Gasteiger partial charge in [0.15, 0.2) is 0 Å². The minimum Gasteiger partial charge on any atom is -0.444 e. The largest absolute Gasteiger partial charge is 0.444 e. The van der Waals surface area contributed by atoms with Gasteiger partial charge in [0.2, 0.25) is 5.91 Å². The first kappa shape index (κ1) is 14.9. The fourth-order valence-electron chi connectivity index (χ4n) is 3.30. The van der Waals surface area contributed by atoms with E-state index in [1.54, 1.807) is 4.90 Å². The maximum atomic E-state index is 12.3. The monoisotopic (exact) mass is 302 g/mol. The summed E-state index contributed by atoms with van der Waals surface area (Å²) < 4.78 is 5.38. The van der Waals surface area contributed by atoms with Crippen LogP contribution in [0.3, 0.4) is 0 Å². The summed E-state index contributed by atoms with van der Waals surface area (Å²) in [5, 5.41) is 2.95. The molecule has 2 aliphatic rings. The van der Waals surface area contributed by atoms with Crippen LogP contribution in [0.4, 0.5) is 4.79 Å². The van der Waals surface area contributed by atoms with Gasteiger partial charge in [0, 0.05) is 25.6 Å². The van der Waals surface area contributed by atoms with Crippen molar-refractivity contribution in [2.45, 2.75) is 32.3 Å². The molecule has 3 rings (SSSR count). The van der Waals surface area contributed by atoms with Gasteiger partial charge < -0.3 is 15.0 Å². The zero-order chi connectivity index (χ0) is 16.0. The van der Waals surface area contributed by atoms with Crippen molar-refractivity contribution < 1.29 is 14.3 Å². The minimum atomic E-state index is -0.517. The number of rotatable bonds is 1. The molecular formula is C17H22N2O3. The number of likely N-dealkylation sites (tertiary alicyclic amines) is 1. The molecule has 0 saturated carbocycles. The van der Waals surface area contributed by atoms with Crippen molar-refractivity contribution in [3.8, 4) is 0 Å². The van der Waals surface area contributed by atoms with E-state index in [0.717, 1.165) is 5.56 Å². The Morgan fingerprint density at radius 2 is 1.91 bits per heavy atom. The lowest BCUT2D eigenvalue weighted by atomic mass is 9.68. The molecular weight excluding hydrogens is 280 g/mol. The van der Waals surface area contributed by atoms with Gasteiger partial charge in [-0.1, -0.05) is 30.3 Å². The van der Waals surface area contributed by atoms with Gasteiger partial charge in [0.25, 0.3) is 0 Å². The summed E-state index contributed by atoms with van der Waals surface area (Å²) in [6, 6.07) is 10.0. The van der Waals surface area contributed by atoms with Crippen LogP contribution in [0.2, 0.25) is 0 Å². The Balaban J connectivity index is 1.74. The summed E-state index contributed by atoms with van der Waals surface area (Å²) in [6.07, 6.45) is -0.343. The molecule has 1 N–H and O–H groups in total. The van der Waals surface area contributed by atoms with E-state index in [1.807, 2.05) is 51.1 Å². The smallest absolute Gasteiger partial charge is 0.410 e. The minimum absolute atomic E-state index is 0.0427. The average Bonchev–Trinajstić information content (AvgIpc) is 2.73. The van der Waals surface area contributed by atoms with E-state index in [4.69, 9.17) is 4.74 Å². The summed E-state index contributed by atoms with van der Waals surface area (Å²) in [5.74, 6) is 0.154. The van der Waals surface area contributed by atoms with E-state index in [1.165, 1.54) is 0 Å². The first-order valence-electron chi connectivity index (χ1n) is 7.63. The number of ether oxygens (including phenoxy) is 1. The van der Waals surface area contributed by atoms with Crippen LogP contribution in [0.25, 0.3) is 0 Å². The summed E-state index contributed by atoms with van der Waals surface area (Å²) in [5.41, 5.74) is 0.124. The number of nitrogens with one attached hydrogen (secondary N) is 1. The Kier molecular flexibility index (Phi) is 3.38. The van der Waals surface area contributed by atoms with Gasteiger partial charge in [-0.3, -0.25) is 4.79 Å². The van der Waals surface area contributed by atoms with Gasteiger partial charge >= 0.3 is 6.09 Å². The first-order valence-corrected chi connectivity index (χ1v) is 7.63. The highest BCUT2D eigenvalue weighted by Gasteiger charge is 2.60. The molecule has 0 bridgehead atoms. The van der Waals surface area contributed by atoms with Gasteiger partial charge in [0.1, 0.15) is 5.60 Å². The van der Waals surface area contributed by atoms with Gasteiger partial charge in [-0.2, -0.15) is 0 Å². The first-order chi connectivity index (χ1) is 10.3. The molecule has 118 valence electrons. The number of hydrogen-bond donors (Lipinski definition) is 1. The fraction of sp³-hybridized carbons (Fsp3) is 0.529. The normalized spacial score (nSPS) is 23.1. The van der Waals surface area contributed by atoms with Crippen molar-refractivity contribution in [2.24, 2.45) is 5.41 Å². The van der Waals surface area contributed by atoms with E-state index < -0.39 is 11.0 Å². The topological polar surface area (TPSA) is 58.6 Å². The molecule has 5 heteroatoms. The summed E-state index contributed by atoms with van der Waals surface area (Å²) >= 11 is 0. The fourth-order valence-corrected chi connectivity index (χ4v) is 3.30. The van der Waals surface area contributed by atoms with Crippen LogP contribution in [-0.4, -0.2) is 42.1 Å². The van der Waals surface area contributed by atoms with Gasteiger partial charge in [0.05, 0.1) is 5.41 Å². The SMILES string of the molecule is CC(C)(C)OC(=O)N1CC2(C1)C(=O)NC[C@H]2c1ccccc1. The summed E-state index contributed by atoms with van der Waals surface area (Å²) in [7, 11) is 0. The number of nitrogens with zero attached hydrogens (tertiary/aromatic N) is 1. The molecule has 2 aliphatic heterocycles. The number of benzene rings is 1. The molecule has 2 fully saturated rings.